The van der Waals surface area contributed by atoms with Gasteiger partial charge in [0, 0.05) is 31.2 Å². The lowest BCUT2D eigenvalue weighted by molar-refractivity contribution is 0.0610. The van der Waals surface area contributed by atoms with Crippen LogP contribution in [0.25, 0.3) is 0 Å². The van der Waals surface area contributed by atoms with E-state index in [1.54, 1.807) is 0 Å². The Labute approximate surface area is 136 Å². The molecule has 1 saturated carbocycles. The number of nitrogens with one attached hydrogen (secondary N) is 1. The first-order valence-electron chi connectivity index (χ1n) is 9.33. The van der Waals surface area contributed by atoms with Crippen LogP contribution in [-0.4, -0.2) is 47.6 Å². The Balaban J connectivity index is 1.88. The molecule has 1 aliphatic carbocycles. The van der Waals surface area contributed by atoms with Gasteiger partial charge in [0.15, 0.2) is 0 Å². The minimum absolute atomic E-state index is 0.752. The summed E-state index contributed by atoms with van der Waals surface area (Å²) in [6.45, 7) is 9.59. The highest BCUT2D eigenvalue weighted by Gasteiger charge is 2.33. The smallest absolute Gasteiger partial charge is 0.0224 e. The fourth-order valence-corrected chi connectivity index (χ4v) is 4.98. The van der Waals surface area contributed by atoms with Crippen LogP contribution in [0.15, 0.2) is 0 Å². The Morgan fingerprint density at radius 3 is 2.62 bits per heavy atom. The van der Waals surface area contributed by atoms with Crippen LogP contribution in [0, 0.1) is 5.92 Å². The van der Waals surface area contributed by atoms with E-state index in [-0.39, 0.29) is 0 Å². The fraction of sp³-hybridized carbons (Fsp3) is 1.00. The molecule has 0 bridgehead atoms. The molecule has 2 nitrogen and oxygen atoms in total. The van der Waals surface area contributed by atoms with Crippen LogP contribution in [-0.2, 0) is 0 Å². The van der Waals surface area contributed by atoms with Gasteiger partial charge in [-0.3, -0.25) is 4.90 Å². The van der Waals surface area contributed by atoms with Crippen molar-refractivity contribution in [2.45, 2.75) is 83.8 Å². The van der Waals surface area contributed by atoms with Gasteiger partial charge in [0.2, 0.25) is 0 Å². The average molecular weight is 313 g/mol. The molecule has 0 radical (unpaired) electrons. The van der Waals surface area contributed by atoms with Crippen molar-refractivity contribution in [3.63, 3.8) is 0 Å². The van der Waals surface area contributed by atoms with Gasteiger partial charge in [0.05, 0.1) is 0 Å². The molecule has 3 atom stereocenters. The summed E-state index contributed by atoms with van der Waals surface area (Å²) in [6, 6.07) is 2.27. The molecule has 124 valence electrons. The lowest BCUT2D eigenvalue weighted by Gasteiger charge is -2.46. The van der Waals surface area contributed by atoms with E-state index in [9.17, 15) is 0 Å². The molecular formula is C18H36N2S. The summed E-state index contributed by atoms with van der Waals surface area (Å²) in [4.78, 5) is 2.84. The maximum atomic E-state index is 3.90. The molecular weight excluding hydrogens is 276 g/mol. The van der Waals surface area contributed by atoms with Crippen LogP contribution < -0.4 is 5.32 Å². The first kappa shape index (κ1) is 17.6. The van der Waals surface area contributed by atoms with Crippen LogP contribution in [0.2, 0.25) is 0 Å². The lowest BCUT2D eigenvalue weighted by Crippen LogP contribution is -2.60. The Morgan fingerprint density at radius 1 is 1.19 bits per heavy atom. The second-order valence-corrected chi connectivity index (χ2v) is 8.40. The molecule has 21 heavy (non-hydrogen) atoms. The zero-order valence-corrected chi connectivity index (χ0v) is 15.3. The van der Waals surface area contributed by atoms with E-state index in [1.807, 2.05) is 0 Å². The third kappa shape index (κ3) is 5.14. The van der Waals surface area contributed by atoms with Crippen molar-refractivity contribution in [1.29, 1.82) is 0 Å². The molecule has 0 aromatic carbocycles. The molecule has 3 unspecified atom stereocenters. The Hall–Kier alpha value is 0.270. The summed E-state index contributed by atoms with van der Waals surface area (Å²) in [7, 11) is 0. The molecule has 0 aromatic rings. The molecule has 2 rings (SSSR count). The van der Waals surface area contributed by atoms with E-state index in [0.717, 1.165) is 24.0 Å². The predicted molar refractivity (Wildman–Crippen MR) is 96.2 cm³/mol. The van der Waals surface area contributed by atoms with Gasteiger partial charge in [-0.1, -0.05) is 33.1 Å². The monoisotopic (exact) mass is 312 g/mol. The molecule has 2 aliphatic rings. The highest BCUT2D eigenvalue weighted by molar-refractivity contribution is 7.99. The van der Waals surface area contributed by atoms with Crippen molar-refractivity contribution in [3.8, 4) is 0 Å². The third-order valence-corrected chi connectivity index (χ3v) is 6.57. The van der Waals surface area contributed by atoms with Crippen LogP contribution in [0.5, 0.6) is 0 Å². The molecule has 0 spiro atoms. The number of nitrogens with zero attached hydrogens (tertiary/aromatic N) is 1. The minimum Gasteiger partial charge on any atom is -0.311 e. The summed E-state index contributed by atoms with van der Waals surface area (Å²) < 4.78 is 0. The van der Waals surface area contributed by atoms with Crippen molar-refractivity contribution in [2.75, 3.05) is 24.6 Å². The van der Waals surface area contributed by atoms with Gasteiger partial charge in [-0.15, -0.1) is 0 Å². The largest absolute Gasteiger partial charge is 0.311 e. The standard InChI is InChI=1S/C18H36N2S/c1-4-17-13-19-18(16-9-7-6-8-10-16)14-20(17)15(3)11-12-21-5-2/h15-19H,4-14H2,1-3H3. The van der Waals surface area contributed by atoms with Crippen molar-refractivity contribution in [2.24, 2.45) is 5.92 Å². The summed E-state index contributed by atoms with van der Waals surface area (Å²) in [5, 5.41) is 3.90. The van der Waals surface area contributed by atoms with E-state index >= 15 is 0 Å². The summed E-state index contributed by atoms with van der Waals surface area (Å²) in [5.74, 6) is 3.53. The molecule has 1 heterocycles. The summed E-state index contributed by atoms with van der Waals surface area (Å²) >= 11 is 2.10. The number of piperazine rings is 1. The first-order chi connectivity index (χ1) is 10.3. The molecule has 3 heteroatoms. The molecule has 1 N–H and O–H groups in total. The Morgan fingerprint density at radius 2 is 1.95 bits per heavy atom. The zero-order valence-electron chi connectivity index (χ0n) is 14.4. The molecule has 1 aliphatic heterocycles. The molecule has 2 fully saturated rings. The molecule has 1 saturated heterocycles. The van der Waals surface area contributed by atoms with E-state index in [1.165, 1.54) is 69.5 Å². The summed E-state index contributed by atoms with van der Waals surface area (Å²) in [5.41, 5.74) is 0. The van der Waals surface area contributed by atoms with E-state index < -0.39 is 0 Å². The van der Waals surface area contributed by atoms with Crippen LogP contribution in [0.1, 0.15) is 65.7 Å². The molecule has 0 aromatic heterocycles. The van der Waals surface area contributed by atoms with Crippen molar-refractivity contribution >= 4 is 11.8 Å². The highest BCUT2D eigenvalue weighted by atomic mass is 32.2. The Bertz CT molecular complexity index is 278. The van der Waals surface area contributed by atoms with E-state index in [2.05, 4.69) is 42.7 Å². The summed E-state index contributed by atoms with van der Waals surface area (Å²) in [6.07, 6.45) is 9.95. The van der Waals surface area contributed by atoms with E-state index in [4.69, 9.17) is 0 Å². The van der Waals surface area contributed by atoms with Crippen molar-refractivity contribution in [3.05, 3.63) is 0 Å². The topological polar surface area (TPSA) is 15.3 Å². The fourth-order valence-electron chi connectivity index (χ4n) is 4.18. The van der Waals surface area contributed by atoms with Crippen molar-refractivity contribution in [1.82, 2.24) is 10.2 Å². The molecule has 0 amide bonds. The normalized spacial score (nSPS) is 30.4. The van der Waals surface area contributed by atoms with Crippen LogP contribution >= 0.6 is 11.8 Å². The van der Waals surface area contributed by atoms with Crippen molar-refractivity contribution < 1.29 is 0 Å². The van der Waals surface area contributed by atoms with Gasteiger partial charge in [0.1, 0.15) is 0 Å². The van der Waals surface area contributed by atoms with Gasteiger partial charge in [-0.2, -0.15) is 11.8 Å². The predicted octanol–water partition coefficient (Wildman–Crippen LogP) is 4.15. The Kier molecular flexibility index (Phi) is 7.90. The maximum Gasteiger partial charge on any atom is 0.0224 e. The van der Waals surface area contributed by atoms with Crippen LogP contribution in [0.3, 0.4) is 0 Å². The lowest BCUT2D eigenvalue weighted by atomic mass is 9.82. The zero-order chi connectivity index (χ0) is 15.1. The number of thioether (sulfide) groups is 1. The maximum absolute atomic E-state index is 3.90. The van der Waals surface area contributed by atoms with Gasteiger partial charge in [-0.05, 0) is 50.0 Å². The number of hydrogen-bond donors (Lipinski definition) is 1. The van der Waals surface area contributed by atoms with E-state index in [0.29, 0.717) is 0 Å². The second kappa shape index (κ2) is 9.42. The quantitative estimate of drug-likeness (QED) is 0.711. The van der Waals surface area contributed by atoms with Gasteiger partial charge >= 0.3 is 0 Å². The van der Waals surface area contributed by atoms with Gasteiger partial charge in [-0.25, -0.2) is 0 Å². The SMILES string of the molecule is CCSCCC(C)N1CC(C2CCCCC2)NCC1CC. The third-order valence-electron chi connectivity index (χ3n) is 5.63. The second-order valence-electron chi connectivity index (χ2n) is 7.01. The van der Waals surface area contributed by atoms with Crippen LogP contribution in [0.4, 0.5) is 0 Å². The number of hydrogen-bond acceptors (Lipinski definition) is 3. The highest BCUT2D eigenvalue weighted by Crippen LogP contribution is 2.29. The average Bonchev–Trinajstić information content (AvgIpc) is 2.55. The minimum atomic E-state index is 0.752. The number of rotatable bonds is 7. The van der Waals surface area contributed by atoms with Gasteiger partial charge in [0.25, 0.3) is 0 Å². The first-order valence-corrected chi connectivity index (χ1v) is 10.5. The van der Waals surface area contributed by atoms with Gasteiger partial charge < -0.3 is 5.32 Å².